The van der Waals surface area contributed by atoms with Crippen molar-refractivity contribution in [2.75, 3.05) is 4.90 Å². The van der Waals surface area contributed by atoms with Crippen LogP contribution in [0, 0.1) is 38.2 Å². The van der Waals surface area contributed by atoms with Crippen molar-refractivity contribution >= 4 is 17.1 Å². The van der Waals surface area contributed by atoms with Crippen LogP contribution in [0.1, 0.15) is 16.7 Å². The molecule has 0 bridgehead atoms. The molecule has 0 heterocycles. The van der Waals surface area contributed by atoms with Gasteiger partial charge >= 0.3 is 0 Å². The summed E-state index contributed by atoms with van der Waals surface area (Å²) in [5.41, 5.74) is 3.01. The van der Waals surface area contributed by atoms with Gasteiger partial charge in [-0.2, -0.15) is 0 Å². The number of anilines is 3. The Hall–Kier alpha value is -2.75. The molecule has 3 rings (SSSR count). The summed E-state index contributed by atoms with van der Waals surface area (Å²) in [6.45, 7) is 5.00. The van der Waals surface area contributed by atoms with Crippen LogP contribution in [0.25, 0.3) is 0 Å². The van der Waals surface area contributed by atoms with Crippen LogP contribution in [-0.4, -0.2) is 0 Å². The van der Waals surface area contributed by atoms with Crippen LogP contribution in [0.4, 0.5) is 30.2 Å². The second-order valence-electron chi connectivity index (χ2n) is 6.14. The largest absolute Gasteiger partial charge is 0.310 e. The number of rotatable bonds is 3. The van der Waals surface area contributed by atoms with E-state index >= 15 is 0 Å². The lowest BCUT2D eigenvalue weighted by Crippen LogP contribution is -2.11. The highest BCUT2D eigenvalue weighted by atomic mass is 19.1. The Labute approximate surface area is 145 Å². The van der Waals surface area contributed by atoms with Crippen molar-refractivity contribution in [3.8, 4) is 0 Å². The van der Waals surface area contributed by atoms with Crippen molar-refractivity contribution in [3.63, 3.8) is 0 Å². The Morgan fingerprint density at radius 2 is 0.800 bits per heavy atom. The molecule has 0 saturated heterocycles. The molecule has 0 N–H and O–H groups in total. The summed E-state index contributed by atoms with van der Waals surface area (Å²) in [5.74, 6) is -1.12. The molecule has 4 heteroatoms. The predicted molar refractivity (Wildman–Crippen MR) is 95.2 cm³/mol. The molecular formula is C21H18F3N. The maximum Gasteiger partial charge on any atom is 0.128 e. The van der Waals surface area contributed by atoms with Crippen molar-refractivity contribution in [3.05, 3.63) is 88.7 Å². The highest BCUT2D eigenvalue weighted by Crippen LogP contribution is 2.36. The van der Waals surface area contributed by atoms with E-state index in [-0.39, 0.29) is 17.5 Å². The standard InChI is InChI=1S/C21H18F3N/c1-13-4-7-16(10-19(13)22)25(17-8-5-14(2)20(23)11-17)18-9-6-15(3)21(24)12-18/h4-12H,1-3H3. The smallest absolute Gasteiger partial charge is 0.128 e. The normalized spacial score (nSPS) is 10.8. The maximum atomic E-state index is 14.1. The molecule has 1 nitrogen and oxygen atoms in total. The third-order valence-electron chi connectivity index (χ3n) is 4.24. The average Bonchev–Trinajstić information content (AvgIpc) is 2.57. The summed E-state index contributed by atoms with van der Waals surface area (Å²) in [6.07, 6.45) is 0. The van der Waals surface area contributed by atoms with E-state index in [0.717, 1.165) is 0 Å². The van der Waals surface area contributed by atoms with Gasteiger partial charge in [-0.15, -0.1) is 0 Å². The first-order chi connectivity index (χ1) is 11.9. The van der Waals surface area contributed by atoms with Crippen LogP contribution in [0.15, 0.2) is 54.6 Å². The SMILES string of the molecule is Cc1ccc(N(c2ccc(C)c(F)c2)c2ccc(C)c(F)c2)cc1F. The number of hydrogen-bond acceptors (Lipinski definition) is 1. The van der Waals surface area contributed by atoms with E-state index in [4.69, 9.17) is 0 Å². The Balaban J connectivity index is 2.21. The minimum absolute atomic E-state index is 0.373. The zero-order valence-corrected chi connectivity index (χ0v) is 14.3. The van der Waals surface area contributed by atoms with Gasteiger partial charge in [0, 0.05) is 17.1 Å². The lowest BCUT2D eigenvalue weighted by atomic mass is 10.1. The summed E-state index contributed by atoms with van der Waals surface area (Å²) in [4.78, 5) is 1.63. The molecule has 3 aromatic carbocycles. The van der Waals surface area contributed by atoms with Crippen LogP contribution >= 0.6 is 0 Å². The number of nitrogens with zero attached hydrogens (tertiary/aromatic N) is 1. The van der Waals surface area contributed by atoms with Gasteiger partial charge in [0.1, 0.15) is 17.5 Å². The first-order valence-corrected chi connectivity index (χ1v) is 7.95. The topological polar surface area (TPSA) is 3.24 Å². The van der Waals surface area contributed by atoms with Crippen molar-refractivity contribution < 1.29 is 13.2 Å². The Kier molecular flexibility index (Phi) is 4.53. The maximum absolute atomic E-state index is 14.1. The van der Waals surface area contributed by atoms with Crippen LogP contribution < -0.4 is 4.90 Å². The second-order valence-corrected chi connectivity index (χ2v) is 6.14. The van der Waals surface area contributed by atoms with Gasteiger partial charge in [0.15, 0.2) is 0 Å². The van der Waals surface area contributed by atoms with Gasteiger partial charge < -0.3 is 4.90 Å². The molecule has 0 amide bonds. The van der Waals surface area contributed by atoms with Crippen LogP contribution in [-0.2, 0) is 0 Å². The Morgan fingerprint density at radius 3 is 1.04 bits per heavy atom. The first kappa shape index (κ1) is 17.1. The van der Waals surface area contributed by atoms with Crippen LogP contribution in [0.3, 0.4) is 0 Å². The van der Waals surface area contributed by atoms with E-state index in [1.54, 1.807) is 62.1 Å². The fraction of sp³-hybridized carbons (Fsp3) is 0.143. The minimum Gasteiger partial charge on any atom is -0.310 e. The van der Waals surface area contributed by atoms with Crippen molar-refractivity contribution in [2.24, 2.45) is 0 Å². The molecule has 3 aromatic rings. The molecule has 0 radical (unpaired) electrons. The Bertz CT molecular complexity index is 812. The fourth-order valence-electron chi connectivity index (χ4n) is 2.61. The molecule has 0 saturated carbocycles. The summed E-state index contributed by atoms with van der Waals surface area (Å²) in [5, 5.41) is 0. The fourth-order valence-corrected chi connectivity index (χ4v) is 2.61. The number of hydrogen-bond donors (Lipinski definition) is 0. The first-order valence-electron chi connectivity index (χ1n) is 7.95. The lowest BCUT2D eigenvalue weighted by Gasteiger charge is -2.26. The molecule has 0 aliphatic carbocycles. The van der Waals surface area contributed by atoms with Gasteiger partial charge in [-0.3, -0.25) is 0 Å². The quantitative estimate of drug-likeness (QED) is 0.525. The van der Waals surface area contributed by atoms with Gasteiger partial charge in [0.2, 0.25) is 0 Å². The zero-order chi connectivity index (χ0) is 18.1. The summed E-state index contributed by atoms with van der Waals surface area (Å²) in [6, 6.07) is 14.2. The molecule has 128 valence electrons. The van der Waals surface area contributed by atoms with E-state index < -0.39 is 0 Å². The van der Waals surface area contributed by atoms with E-state index in [9.17, 15) is 13.2 Å². The van der Waals surface area contributed by atoms with Gasteiger partial charge in [-0.25, -0.2) is 13.2 Å². The lowest BCUT2D eigenvalue weighted by molar-refractivity contribution is 0.617. The number of aryl methyl sites for hydroxylation is 3. The summed E-state index contributed by atoms with van der Waals surface area (Å²) >= 11 is 0. The van der Waals surface area contributed by atoms with Crippen molar-refractivity contribution in [2.45, 2.75) is 20.8 Å². The molecular weight excluding hydrogens is 323 g/mol. The van der Waals surface area contributed by atoms with E-state index in [2.05, 4.69) is 0 Å². The minimum atomic E-state index is -0.373. The van der Waals surface area contributed by atoms with Gasteiger partial charge in [0.25, 0.3) is 0 Å². The summed E-state index contributed by atoms with van der Waals surface area (Å²) < 4.78 is 42.2. The van der Waals surface area contributed by atoms with E-state index in [0.29, 0.717) is 33.8 Å². The Morgan fingerprint density at radius 1 is 0.520 bits per heavy atom. The second kappa shape index (κ2) is 6.63. The highest BCUT2D eigenvalue weighted by Gasteiger charge is 2.16. The highest BCUT2D eigenvalue weighted by molar-refractivity contribution is 5.76. The molecule has 25 heavy (non-hydrogen) atoms. The molecule has 0 aliphatic rings. The third-order valence-corrected chi connectivity index (χ3v) is 4.24. The van der Waals surface area contributed by atoms with Crippen LogP contribution in [0.2, 0.25) is 0 Å². The van der Waals surface area contributed by atoms with Gasteiger partial charge in [0.05, 0.1) is 0 Å². The average molecular weight is 341 g/mol. The molecule has 0 atom stereocenters. The van der Waals surface area contributed by atoms with Gasteiger partial charge in [-0.05, 0) is 73.9 Å². The number of halogens is 3. The van der Waals surface area contributed by atoms with E-state index in [1.165, 1.54) is 18.2 Å². The van der Waals surface area contributed by atoms with Crippen molar-refractivity contribution in [1.29, 1.82) is 0 Å². The molecule has 0 unspecified atom stereocenters. The molecule has 0 aromatic heterocycles. The zero-order valence-electron chi connectivity index (χ0n) is 14.3. The molecule has 0 spiro atoms. The predicted octanol–water partition coefficient (Wildman–Crippen LogP) is 6.50. The number of benzene rings is 3. The summed E-state index contributed by atoms with van der Waals surface area (Å²) in [7, 11) is 0. The van der Waals surface area contributed by atoms with Gasteiger partial charge in [-0.1, -0.05) is 18.2 Å². The van der Waals surface area contributed by atoms with Crippen LogP contribution in [0.5, 0.6) is 0 Å². The monoisotopic (exact) mass is 341 g/mol. The third kappa shape index (κ3) is 3.38. The molecule has 0 aliphatic heterocycles. The molecule has 0 fully saturated rings. The van der Waals surface area contributed by atoms with E-state index in [1.807, 2.05) is 0 Å². The van der Waals surface area contributed by atoms with Crippen molar-refractivity contribution in [1.82, 2.24) is 0 Å².